The number of nitrogens with one attached hydrogen (secondary N) is 1. The summed E-state index contributed by atoms with van der Waals surface area (Å²) in [7, 11) is 1.91. The molecule has 0 fully saturated rings. The molecule has 2 aromatic rings. The molecule has 0 unspecified atom stereocenters. The van der Waals surface area contributed by atoms with Gasteiger partial charge in [-0.3, -0.25) is 4.68 Å². The molecule has 98 valence electrons. The minimum absolute atomic E-state index is 0.266. The topological polar surface area (TPSA) is 50.1 Å². The van der Waals surface area contributed by atoms with Crippen molar-refractivity contribution in [2.24, 2.45) is 7.05 Å². The number of aryl methyl sites for hydroxylation is 1. The lowest BCUT2D eigenvalue weighted by Crippen LogP contribution is -2.27. The first-order valence-corrected chi connectivity index (χ1v) is 6.95. The Labute approximate surface area is 111 Å². The van der Waals surface area contributed by atoms with Gasteiger partial charge in [0, 0.05) is 36.3 Å². The summed E-state index contributed by atoms with van der Waals surface area (Å²) in [5, 5.41) is 19.5. The third-order valence-corrected chi connectivity index (χ3v) is 3.83. The highest BCUT2D eigenvalue weighted by Crippen LogP contribution is 2.22. The minimum atomic E-state index is -0.374. The van der Waals surface area contributed by atoms with Crippen LogP contribution in [0.15, 0.2) is 29.9 Å². The molecule has 18 heavy (non-hydrogen) atoms. The summed E-state index contributed by atoms with van der Waals surface area (Å²) < 4.78 is 1.79. The van der Waals surface area contributed by atoms with E-state index in [0.717, 1.165) is 23.4 Å². The van der Waals surface area contributed by atoms with Gasteiger partial charge in [-0.05, 0) is 24.8 Å². The van der Waals surface area contributed by atoms with E-state index in [1.165, 1.54) is 0 Å². The minimum Gasteiger partial charge on any atom is -0.388 e. The smallest absolute Gasteiger partial charge is 0.0896 e. The number of thiophene rings is 1. The molecule has 4 nitrogen and oxygen atoms in total. The van der Waals surface area contributed by atoms with Crippen LogP contribution < -0.4 is 5.32 Å². The lowest BCUT2D eigenvalue weighted by molar-refractivity contribution is 0.157. The van der Waals surface area contributed by atoms with E-state index in [-0.39, 0.29) is 12.1 Å². The standard InChI is InChI=1S/C13H19N3OS/c1-10(6-12(17)13-4-3-5-18-13)14-7-11-8-15-16(2)9-11/h3-5,8-10,12,14,17H,6-7H2,1-2H3/t10-,12+/m1/s1. The van der Waals surface area contributed by atoms with Crippen molar-refractivity contribution >= 4 is 11.3 Å². The number of aliphatic hydroxyl groups is 1. The summed E-state index contributed by atoms with van der Waals surface area (Å²) >= 11 is 1.60. The molecule has 0 saturated carbocycles. The summed E-state index contributed by atoms with van der Waals surface area (Å²) in [6.07, 6.45) is 4.20. The van der Waals surface area contributed by atoms with Gasteiger partial charge in [-0.15, -0.1) is 11.3 Å². The van der Waals surface area contributed by atoms with Crippen LogP contribution in [0, 0.1) is 0 Å². The molecule has 0 spiro atoms. The highest BCUT2D eigenvalue weighted by Gasteiger charge is 2.13. The molecule has 2 heterocycles. The van der Waals surface area contributed by atoms with Crippen LogP contribution in [-0.4, -0.2) is 20.9 Å². The number of aromatic nitrogens is 2. The zero-order chi connectivity index (χ0) is 13.0. The van der Waals surface area contributed by atoms with Crippen LogP contribution in [-0.2, 0) is 13.6 Å². The molecule has 2 atom stereocenters. The fraction of sp³-hybridized carbons (Fsp3) is 0.462. The number of rotatable bonds is 6. The van der Waals surface area contributed by atoms with E-state index in [4.69, 9.17) is 0 Å². The highest BCUT2D eigenvalue weighted by molar-refractivity contribution is 7.10. The van der Waals surface area contributed by atoms with Gasteiger partial charge in [0.05, 0.1) is 12.3 Å². The number of nitrogens with zero attached hydrogens (tertiary/aromatic N) is 2. The summed E-state index contributed by atoms with van der Waals surface area (Å²) in [5.74, 6) is 0. The van der Waals surface area contributed by atoms with Crippen molar-refractivity contribution in [1.82, 2.24) is 15.1 Å². The van der Waals surface area contributed by atoms with E-state index in [1.807, 2.05) is 37.0 Å². The maximum Gasteiger partial charge on any atom is 0.0896 e. The molecule has 0 aromatic carbocycles. The van der Waals surface area contributed by atoms with E-state index in [0.29, 0.717) is 0 Å². The van der Waals surface area contributed by atoms with E-state index in [2.05, 4.69) is 17.3 Å². The monoisotopic (exact) mass is 265 g/mol. The van der Waals surface area contributed by atoms with Crippen LogP contribution in [0.25, 0.3) is 0 Å². The second-order valence-corrected chi connectivity index (χ2v) is 5.55. The molecule has 0 saturated heterocycles. The molecule has 0 bridgehead atoms. The molecule has 2 rings (SSSR count). The second kappa shape index (κ2) is 6.13. The Hall–Kier alpha value is -1.17. The number of hydrogen-bond acceptors (Lipinski definition) is 4. The Balaban J connectivity index is 1.76. The molecule has 0 aliphatic rings. The second-order valence-electron chi connectivity index (χ2n) is 4.57. The van der Waals surface area contributed by atoms with E-state index in [1.54, 1.807) is 16.0 Å². The molecule has 0 radical (unpaired) electrons. The van der Waals surface area contributed by atoms with Crippen molar-refractivity contribution in [2.45, 2.75) is 32.0 Å². The van der Waals surface area contributed by atoms with Gasteiger partial charge in [0.2, 0.25) is 0 Å². The number of hydrogen-bond donors (Lipinski definition) is 2. The predicted octanol–water partition coefficient (Wildman–Crippen LogP) is 2.08. The van der Waals surface area contributed by atoms with Crippen LogP contribution in [0.1, 0.15) is 29.9 Å². The van der Waals surface area contributed by atoms with Gasteiger partial charge in [-0.1, -0.05) is 6.07 Å². The molecular formula is C13H19N3OS. The molecular weight excluding hydrogens is 246 g/mol. The third-order valence-electron chi connectivity index (χ3n) is 2.86. The van der Waals surface area contributed by atoms with E-state index in [9.17, 15) is 5.11 Å². The first-order valence-electron chi connectivity index (χ1n) is 6.07. The number of aliphatic hydroxyl groups excluding tert-OH is 1. The van der Waals surface area contributed by atoms with Crippen molar-refractivity contribution in [3.8, 4) is 0 Å². The van der Waals surface area contributed by atoms with Crippen LogP contribution in [0.3, 0.4) is 0 Å². The highest BCUT2D eigenvalue weighted by atomic mass is 32.1. The van der Waals surface area contributed by atoms with Gasteiger partial charge in [-0.25, -0.2) is 0 Å². The first-order chi connectivity index (χ1) is 8.65. The van der Waals surface area contributed by atoms with Crippen LogP contribution in [0.4, 0.5) is 0 Å². The van der Waals surface area contributed by atoms with Gasteiger partial charge in [-0.2, -0.15) is 5.10 Å². The average Bonchev–Trinajstić information content (AvgIpc) is 2.97. The van der Waals surface area contributed by atoms with Gasteiger partial charge in [0.1, 0.15) is 0 Å². The third kappa shape index (κ3) is 3.66. The first kappa shape index (κ1) is 13.3. The van der Waals surface area contributed by atoms with Crippen molar-refractivity contribution in [2.75, 3.05) is 0 Å². The lowest BCUT2D eigenvalue weighted by Gasteiger charge is -2.16. The van der Waals surface area contributed by atoms with Gasteiger partial charge >= 0.3 is 0 Å². The maximum atomic E-state index is 10.0. The maximum absolute atomic E-state index is 10.0. The molecule has 5 heteroatoms. The van der Waals surface area contributed by atoms with Crippen LogP contribution in [0.5, 0.6) is 0 Å². The van der Waals surface area contributed by atoms with Gasteiger partial charge in [0.25, 0.3) is 0 Å². The lowest BCUT2D eigenvalue weighted by atomic mass is 10.1. The fourth-order valence-corrected chi connectivity index (χ4v) is 2.60. The molecule has 0 aliphatic heterocycles. The van der Waals surface area contributed by atoms with Crippen molar-refractivity contribution < 1.29 is 5.11 Å². The summed E-state index contributed by atoms with van der Waals surface area (Å²) in [4.78, 5) is 1.03. The van der Waals surface area contributed by atoms with Crippen LogP contribution >= 0.6 is 11.3 Å². The molecule has 2 N–H and O–H groups in total. The SMILES string of the molecule is C[C@H](C[C@H](O)c1cccs1)NCc1cnn(C)c1. The average molecular weight is 265 g/mol. The van der Waals surface area contributed by atoms with Crippen LogP contribution in [0.2, 0.25) is 0 Å². The molecule has 0 aliphatic carbocycles. The van der Waals surface area contributed by atoms with Gasteiger partial charge in [0.15, 0.2) is 0 Å². The summed E-state index contributed by atoms with van der Waals surface area (Å²) in [6, 6.07) is 4.21. The molecule has 0 amide bonds. The Morgan fingerprint density at radius 1 is 1.56 bits per heavy atom. The Kier molecular flexibility index (Phi) is 4.52. The zero-order valence-corrected chi connectivity index (χ0v) is 11.5. The van der Waals surface area contributed by atoms with Crippen molar-refractivity contribution in [1.29, 1.82) is 0 Å². The normalized spacial score (nSPS) is 14.6. The fourth-order valence-electron chi connectivity index (χ4n) is 1.87. The predicted molar refractivity (Wildman–Crippen MR) is 73.4 cm³/mol. The Bertz CT molecular complexity index is 466. The van der Waals surface area contributed by atoms with E-state index >= 15 is 0 Å². The van der Waals surface area contributed by atoms with Crippen molar-refractivity contribution in [3.63, 3.8) is 0 Å². The Morgan fingerprint density at radius 3 is 3.00 bits per heavy atom. The Morgan fingerprint density at radius 2 is 2.39 bits per heavy atom. The largest absolute Gasteiger partial charge is 0.388 e. The summed E-state index contributed by atoms with van der Waals surface area (Å²) in [6.45, 7) is 2.87. The molecule has 2 aromatic heterocycles. The van der Waals surface area contributed by atoms with E-state index < -0.39 is 0 Å². The quantitative estimate of drug-likeness (QED) is 0.841. The zero-order valence-electron chi connectivity index (χ0n) is 10.7. The van der Waals surface area contributed by atoms with Crippen molar-refractivity contribution in [3.05, 3.63) is 40.3 Å². The van der Waals surface area contributed by atoms with Gasteiger partial charge < -0.3 is 10.4 Å². The summed E-state index contributed by atoms with van der Waals surface area (Å²) in [5.41, 5.74) is 1.16.